The van der Waals surface area contributed by atoms with E-state index in [1.54, 1.807) is 0 Å². The summed E-state index contributed by atoms with van der Waals surface area (Å²) < 4.78 is 2.14. The van der Waals surface area contributed by atoms with Gasteiger partial charge in [0.1, 0.15) is 0 Å². The molecule has 3 N–H and O–H groups in total. The molecule has 1 atom stereocenters. The second-order valence-electron chi connectivity index (χ2n) is 6.67. The van der Waals surface area contributed by atoms with E-state index in [1.165, 1.54) is 5.56 Å². The summed E-state index contributed by atoms with van der Waals surface area (Å²) in [7, 11) is 0. The molecule has 1 heterocycles. The van der Waals surface area contributed by atoms with Crippen LogP contribution in [0.5, 0.6) is 0 Å². The molecule has 0 radical (unpaired) electrons. The highest BCUT2D eigenvalue weighted by Crippen LogP contribution is 2.18. The van der Waals surface area contributed by atoms with E-state index in [4.69, 9.17) is 5.73 Å². The summed E-state index contributed by atoms with van der Waals surface area (Å²) >= 11 is 0. The second kappa shape index (κ2) is 9.07. The smallest absolute Gasteiger partial charge is 0.253 e. The van der Waals surface area contributed by atoms with Crippen LogP contribution in [0, 0.1) is 13.8 Å². The van der Waals surface area contributed by atoms with Gasteiger partial charge in [0, 0.05) is 30.5 Å². The average Bonchev–Trinajstić information content (AvgIpc) is 2.86. The van der Waals surface area contributed by atoms with E-state index in [2.05, 4.69) is 54.9 Å². The Morgan fingerprint density at radius 3 is 2.20 bits per heavy atom. The lowest BCUT2D eigenvalue weighted by Crippen LogP contribution is -2.32. The van der Waals surface area contributed by atoms with Crippen molar-refractivity contribution in [1.82, 2.24) is 9.88 Å². The monoisotopic (exact) mass is 363 g/mol. The minimum Gasteiger partial charge on any atom is -0.350 e. The third-order valence-electron chi connectivity index (χ3n) is 4.65. The first kappa shape index (κ1) is 21.3. The molecule has 2 rings (SSSR count). The summed E-state index contributed by atoms with van der Waals surface area (Å²) in [6.07, 6.45) is 0. The molecule has 1 aromatic carbocycles. The number of nitrogens with one attached hydrogen (secondary N) is 1. The van der Waals surface area contributed by atoms with Crippen LogP contribution in [0.3, 0.4) is 0 Å². The zero-order valence-corrected chi connectivity index (χ0v) is 16.6. The fraction of sp³-hybridized carbons (Fsp3) is 0.450. The van der Waals surface area contributed by atoms with Gasteiger partial charge >= 0.3 is 0 Å². The molecule has 5 heteroatoms. The Hall–Kier alpha value is -1.78. The van der Waals surface area contributed by atoms with Crippen molar-refractivity contribution in [3.05, 3.63) is 58.4 Å². The van der Waals surface area contributed by atoms with E-state index in [9.17, 15) is 4.79 Å². The van der Waals surface area contributed by atoms with Gasteiger partial charge in [0.25, 0.3) is 5.91 Å². The average molecular weight is 364 g/mol. The lowest BCUT2D eigenvalue weighted by atomic mass is 9.99. The van der Waals surface area contributed by atoms with Gasteiger partial charge < -0.3 is 15.6 Å². The third kappa shape index (κ3) is 4.86. The first-order valence-corrected chi connectivity index (χ1v) is 8.65. The zero-order chi connectivity index (χ0) is 17.9. The molecule has 25 heavy (non-hydrogen) atoms. The van der Waals surface area contributed by atoms with E-state index >= 15 is 0 Å². The largest absolute Gasteiger partial charge is 0.350 e. The highest BCUT2D eigenvalue weighted by molar-refractivity contribution is 5.95. The Labute approximate surface area is 157 Å². The topological polar surface area (TPSA) is 60.0 Å². The van der Waals surface area contributed by atoms with Crippen molar-refractivity contribution in [1.29, 1.82) is 0 Å². The molecule has 0 aliphatic carbocycles. The molecule has 0 aliphatic rings. The van der Waals surface area contributed by atoms with Crippen LogP contribution in [0.15, 0.2) is 30.3 Å². The van der Waals surface area contributed by atoms with Crippen molar-refractivity contribution in [2.24, 2.45) is 5.73 Å². The Bertz CT molecular complexity index is 704. The predicted molar refractivity (Wildman–Crippen MR) is 107 cm³/mol. The van der Waals surface area contributed by atoms with Crippen LogP contribution in [0.2, 0.25) is 0 Å². The van der Waals surface area contributed by atoms with Crippen molar-refractivity contribution >= 4 is 18.3 Å². The Morgan fingerprint density at radius 1 is 1.16 bits per heavy atom. The minimum absolute atomic E-state index is 0. The number of amides is 1. The number of carbonyl (C=O) groups is 1. The maximum Gasteiger partial charge on any atom is 0.253 e. The molecule has 1 unspecified atom stereocenters. The van der Waals surface area contributed by atoms with E-state index in [0.29, 0.717) is 12.5 Å². The quantitative estimate of drug-likeness (QED) is 0.811. The number of rotatable bonds is 6. The lowest BCUT2D eigenvalue weighted by molar-refractivity contribution is 0.0950. The summed E-state index contributed by atoms with van der Waals surface area (Å²) in [5.41, 5.74) is 11.4. The summed E-state index contributed by atoms with van der Waals surface area (Å²) in [5.74, 6) is 0.445. The van der Waals surface area contributed by atoms with Gasteiger partial charge in [0.2, 0.25) is 0 Å². The molecule has 0 bridgehead atoms. The molecule has 2 aromatic rings. The number of hydrogen-bond donors (Lipinski definition) is 2. The van der Waals surface area contributed by atoms with Gasteiger partial charge in [-0.2, -0.15) is 0 Å². The van der Waals surface area contributed by atoms with Gasteiger partial charge in [-0.3, -0.25) is 4.79 Å². The van der Waals surface area contributed by atoms with Crippen LogP contribution in [0.25, 0.3) is 0 Å². The number of aromatic nitrogens is 1. The van der Waals surface area contributed by atoms with Crippen LogP contribution in [0.1, 0.15) is 65.6 Å². The van der Waals surface area contributed by atoms with Crippen molar-refractivity contribution in [3.63, 3.8) is 0 Å². The normalized spacial score (nSPS) is 12.0. The maximum atomic E-state index is 12.4. The molecule has 1 aromatic heterocycles. The summed E-state index contributed by atoms with van der Waals surface area (Å²) in [6, 6.07) is 10.1. The Balaban J connectivity index is 0.00000312. The fourth-order valence-electron chi connectivity index (χ4n) is 3.06. The molecular formula is C20H30ClN3O. The van der Waals surface area contributed by atoms with Gasteiger partial charge in [-0.1, -0.05) is 38.1 Å². The molecule has 138 valence electrons. The summed E-state index contributed by atoms with van der Waals surface area (Å²) in [6.45, 7) is 11.7. The van der Waals surface area contributed by atoms with Crippen molar-refractivity contribution in [2.45, 2.75) is 53.1 Å². The van der Waals surface area contributed by atoms with Crippen LogP contribution in [-0.4, -0.2) is 17.0 Å². The van der Waals surface area contributed by atoms with Crippen LogP contribution >= 0.6 is 12.4 Å². The van der Waals surface area contributed by atoms with E-state index in [0.717, 1.165) is 29.1 Å². The molecule has 0 aliphatic heterocycles. The Kier molecular flexibility index (Phi) is 7.71. The van der Waals surface area contributed by atoms with E-state index in [-0.39, 0.29) is 24.4 Å². The number of nitrogens with two attached hydrogens (primary N) is 1. The highest BCUT2D eigenvalue weighted by Gasteiger charge is 2.16. The van der Waals surface area contributed by atoms with E-state index < -0.39 is 0 Å². The van der Waals surface area contributed by atoms with Crippen LogP contribution in [-0.2, 0) is 6.54 Å². The lowest BCUT2D eigenvalue weighted by Gasteiger charge is -2.15. The summed E-state index contributed by atoms with van der Waals surface area (Å²) in [4.78, 5) is 12.4. The third-order valence-corrected chi connectivity index (χ3v) is 4.65. The maximum absolute atomic E-state index is 12.4. The highest BCUT2D eigenvalue weighted by atomic mass is 35.5. The fourth-order valence-corrected chi connectivity index (χ4v) is 3.06. The number of benzene rings is 1. The first-order valence-electron chi connectivity index (χ1n) is 8.65. The number of nitrogens with zero attached hydrogens (tertiary/aromatic N) is 1. The zero-order valence-electron chi connectivity index (χ0n) is 15.8. The second-order valence-corrected chi connectivity index (χ2v) is 6.67. The first-order chi connectivity index (χ1) is 11.3. The molecule has 1 amide bonds. The van der Waals surface area contributed by atoms with Gasteiger partial charge in [-0.25, -0.2) is 0 Å². The summed E-state index contributed by atoms with van der Waals surface area (Å²) in [5, 5.41) is 2.96. The van der Waals surface area contributed by atoms with Gasteiger partial charge in [0.05, 0.1) is 5.56 Å². The van der Waals surface area contributed by atoms with Crippen molar-refractivity contribution in [3.8, 4) is 0 Å². The molecule has 0 saturated carbocycles. The SMILES string of the molecule is CCn1c(C)cc(C(=O)NCC(N)c2ccc(C(C)C)cc2)c1C.Cl. The van der Waals surface area contributed by atoms with Crippen molar-refractivity contribution in [2.75, 3.05) is 6.54 Å². The molecule has 0 saturated heterocycles. The van der Waals surface area contributed by atoms with Gasteiger partial charge in [-0.15, -0.1) is 12.4 Å². The molecule has 0 fully saturated rings. The van der Waals surface area contributed by atoms with Crippen molar-refractivity contribution < 1.29 is 4.79 Å². The standard InChI is InChI=1S/C20H29N3O.ClH/c1-6-23-14(4)11-18(15(23)5)20(24)22-12-19(21)17-9-7-16(8-10-17)13(2)3;/h7-11,13,19H,6,12,21H2,1-5H3,(H,22,24);1H. The van der Waals surface area contributed by atoms with Crippen LogP contribution in [0.4, 0.5) is 0 Å². The molecular weight excluding hydrogens is 334 g/mol. The molecule has 4 nitrogen and oxygen atoms in total. The van der Waals surface area contributed by atoms with Gasteiger partial charge in [-0.05, 0) is 43.9 Å². The van der Waals surface area contributed by atoms with E-state index in [1.807, 2.05) is 19.9 Å². The van der Waals surface area contributed by atoms with Gasteiger partial charge in [0.15, 0.2) is 0 Å². The molecule has 0 spiro atoms. The number of hydrogen-bond acceptors (Lipinski definition) is 2. The Morgan fingerprint density at radius 2 is 1.72 bits per heavy atom. The number of halogens is 1. The minimum atomic E-state index is -0.204. The number of carbonyl (C=O) groups excluding carboxylic acids is 1. The predicted octanol–water partition coefficient (Wildman–Crippen LogP) is 4.10. The number of aryl methyl sites for hydroxylation is 1. The van der Waals surface area contributed by atoms with Crippen LogP contribution < -0.4 is 11.1 Å².